The Morgan fingerprint density at radius 2 is 2.25 bits per heavy atom. The maximum absolute atomic E-state index is 5.98. The van der Waals surface area contributed by atoms with E-state index >= 15 is 0 Å². The van der Waals surface area contributed by atoms with Crippen molar-refractivity contribution in [2.75, 3.05) is 20.8 Å². The lowest BCUT2D eigenvalue weighted by Crippen LogP contribution is -2.25. The van der Waals surface area contributed by atoms with E-state index in [0.29, 0.717) is 6.54 Å². The molecule has 1 aromatic carbocycles. The van der Waals surface area contributed by atoms with Gasteiger partial charge in [-0.1, -0.05) is 0 Å². The lowest BCUT2D eigenvalue weighted by atomic mass is 10.2. The smallest absolute Gasteiger partial charge is 0.141 e. The number of aromatic amines is 1. The van der Waals surface area contributed by atoms with Gasteiger partial charge in [-0.3, -0.25) is 10.00 Å². The van der Waals surface area contributed by atoms with Crippen molar-refractivity contribution in [3.8, 4) is 5.75 Å². The molecule has 0 radical (unpaired) electrons. The van der Waals surface area contributed by atoms with E-state index < -0.39 is 0 Å². The Balaban J connectivity index is 1.58. The Labute approximate surface area is 139 Å². The van der Waals surface area contributed by atoms with Gasteiger partial charge < -0.3 is 13.9 Å². The summed E-state index contributed by atoms with van der Waals surface area (Å²) in [4.78, 5) is 6.62. The van der Waals surface area contributed by atoms with E-state index in [4.69, 9.17) is 13.9 Å². The zero-order valence-electron chi connectivity index (χ0n) is 13.7. The molecule has 3 aromatic rings. The van der Waals surface area contributed by atoms with E-state index in [1.165, 1.54) is 0 Å². The van der Waals surface area contributed by atoms with Crippen LogP contribution in [0.5, 0.6) is 5.75 Å². The number of aromatic nitrogens is 3. The minimum Gasteiger partial charge on any atom is -0.497 e. The van der Waals surface area contributed by atoms with Crippen LogP contribution in [0.3, 0.4) is 0 Å². The fourth-order valence-corrected chi connectivity index (χ4v) is 3.35. The molecule has 7 nitrogen and oxygen atoms in total. The number of nitrogens with one attached hydrogen (secondary N) is 1. The SMILES string of the molecule is COc1ccc2oc(CN3C[C@H](OC)C[C@H]3c3ncn[nH]3)cc2c1. The van der Waals surface area contributed by atoms with Gasteiger partial charge in [0.1, 0.15) is 29.2 Å². The van der Waals surface area contributed by atoms with Crippen molar-refractivity contribution in [2.24, 2.45) is 0 Å². The number of nitrogens with zero attached hydrogens (tertiary/aromatic N) is 3. The van der Waals surface area contributed by atoms with Crippen molar-refractivity contribution in [2.45, 2.75) is 25.1 Å². The van der Waals surface area contributed by atoms with E-state index in [1.54, 1.807) is 20.5 Å². The van der Waals surface area contributed by atoms with E-state index in [9.17, 15) is 0 Å². The minimum absolute atomic E-state index is 0.153. The monoisotopic (exact) mass is 328 g/mol. The Morgan fingerprint density at radius 3 is 3.00 bits per heavy atom. The van der Waals surface area contributed by atoms with Gasteiger partial charge in [0.05, 0.1) is 25.8 Å². The number of H-pyrrole nitrogens is 1. The molecule has 7 heteroatoms. The van der Waals surface area contributed by atoms with Gasteiger partial charge in [-0.25, -0.2) is 4.98 Å². The molecule has 1 fully saturated rings. The zero-order chi connectivity index (χ0) is 16.5. The number of furan rings is 1. The highest BCUT2D eigenvalue weighted by molar-refractivity contribution is 5.79. The Morgan fingerprint density at radius 1 is 1.33 bits per heavy atom. The fraction of sp³-hybridized carbons (Fsp3) is 0.412. The summed E-state index contributed by atoms with van der Waals surface area (Å²) in [5.41, 5.74) is 0.865. The van der Waals surface area contributed by atoms with Crippen LogP contribution in [0.15, 0.2) is 35.0 Å². The van der Waals surface area contributed by atoms with Gasteiger partial charge in [0.25, 0.3) is 0 Å². The number of methoxy groups -OCH3 is 2. The summed E-state index contributed by atoms with van der Waals surface area (Å²) in [5, 5.41) is 7.99. The first-order chi connectivity index (χ1) is 11.8. The van der Waals surface area contributed by atoms with Crippen LogP contribution in [0.4, 0.5) is 0 Å². The standard InChI is InChI=1S/C17H20N4O3/c1-22-12-3-4-16-11(5-12)6-14(24-16)9-21-8-13(23-2)7-15(21)17-18-10-19-20-17/h3-6,10,13,15H,7-9H2,1-2H3,(H,18,19,20)/t13-,15+/m1/s1. The molecular formula is C17H20N4O3. The lowest BCUT2D eigenvalue weighted by molar-refractivity contribution is 0.106. The molecule has 0 unspecified atom stereocenters. The molecule has 1 aliphatic rings. The molecule has 2 atom stereocenters. The van der Waals surface area contributed by atoms with E-state index in [-0.39, 0.29) is 12.1 Å². The summed E-state index contributed by atoms with van der Waals surface area (Å²) in [6, 6.07) is 8.05. The van der Waals surface area contributed by atoms with Crippen molar-refractivity contribution in [3.05, 3.63) is 42.2 Å². The molecule has 0 bridgehead atoms. The van der Waals surface area contributed by atoms with E-state index in [1.807, 2.05) is 18.2 Å². The van der Waals surface area contributed by atoms with Crippen molar-refractivity contribution in [3.63, 3.8) is 0 Å². The molecule has 0 amide bonds. The third-order valence-corrected chi connectivity index (χ3v) is 4.58. The van der Waals surface area contributed by atoms with Gasteiger partial charge in [0.2, 0.25) is 0 Å². The van der Waals surface area contributed by atoms with Crippen LogP contribution in [-0.2, 0) is 11.3 Å². The summed E-state index contributed by atoms with van der Waals surface area (Å²) in [6.45, 7) is 1.53. The molecule has 1 saturated heterocycles. The normalized spacial score (nSPS) is 21.6. The van der Waals surface area contributed by atoms with Crippen molar-refractivity contribution in [1.29, 1.82) is 0 Å². The maximum Gasteiger partial charge on any atom is 0.141 e. The summed E-state index contributed by atoms with van der Waals surface area (Å²) in [5.74, 6) is 2.61. The first-order valence-electron chi connectivity index (χ1n) is 7.95. The molecule has 24 heavy (non-hydrogen) atoms. The van der Waals surface area contributed by atoms with Crippen molar-refractivity contribution >= 4 is 11.0 Å². The van der Waals surface area contributed by atoms with Crippen LogP contribution in [-0.4, -0.2) is 46.9 Å². The van der Waals surface area contributed by atoms with Gasteiger partial charge in [-0.05, 0) is 30.7 Å². The predicted molar refractivity (Wildman–Crippen MR) is 87.7 cm³/mol. The van der Waals surface area contributed by atoms with Gasteiger partial charge in [-0.2, -0.15) is 5.10 Å². The molecule has 2 aromatic heterocycles. The van der Waals surface area contributed by atoms with Crippen LogP contribution in [0.1, 0.15) is 24.0 Å². The second-order valence-corrected chi connectivity index (χ2v) is 6.03. The molecular weight excluding hydrogens is 308 g/mol. The third-order valence-electron chi connectivity index (χ3n) is 4.58. The number of likely N-dealkylation sites (tertiary alicyclic amines) is 1. The Hall–Kier alpha value is -2.38. The number of rotatable bonds is 5. The van der Waals surface area contributed by atoms with Crippen molar-refractivity contribution in [1.82, 2.24) is 20.1 Å². The quantitative estimate of drug-likeness (QED) is 0.775. The van der Waals surface area contributed by atoms with Crippen LogP contribution < -0.4 is 4.74 Å². The number of hydrogen-bond donors (Lipinski definition) is 1. The highest BCUT2D eigenvalue weighted by Gasteiger charge is 2.35. The van der Waals surface area contributed by atoms with Crippen molar-refractivity contribution < 1.29 is 13.9 Å². The van der Waals surface area contributed by atoms with Crippen LogP contribution in [0.2, 0.25) is 0 Å². The van der Waals surface area contributed by atoms with Crippen LogP contribution in [0.25, 0.3) is 11.0 Å². The largest absolute Gasteiger partial charge is 0.497 e. The van der Waals surface area contributed by atoms with Crippen LogP contribution >= 0.6 is 0 Å². The first kappa shape index (κ1) is 15.2. The molecule has 0 saturated carbocycles. The van der Waals surface area contributed by atoms with Gasteiger partial charge in [0, 0.05) is 19.0 Å². The molecule has 126 valence electrons. The number of ether oxygens (including phenoxy) is 2. The first-order valence-corrected chi connectivity index (χ1v) is 7.95. The average molecular weight is 328 g/mol. The molecule has 1 N–H and O–H groups in total. The van der Waals surface area contributed by atoms with Crippen LogP contribution in [0, 0.1) is 0 Å². The summed E-state index contributed by atoms with van der Waals surface area (Å²) >= 11 is 0. The lowest BCUT2D eigenvalue weighted by Gasteiger charge is -2.20. The highest BCUT2D eigenvalue weighted by Crippen LogP contribution is 2.33. The number of fused-ring (bicyclic) bond motifs is 1. The Kier molecular flexibility index (Phi) is 3.95. The maximum atomic E-state index is 5.98. The molecule has 1 aliphatic heterocycles. The van der Waals surface area contributed by atoms with E-state index in [0.717, 1.165) is 41.3 Å². The summed E-state index contributed by atoms with van der Waals surface area (Å²) in [6.07, 6.45) is 2.62. The minimum atomic E-state index is 0.153. The topological polar surface area (TPSA) is 76.4 Å². The van der Waals surface area contributed by atoms with Gasteiger partial charge in [-0.15, -0.1) is 0 Å². The van der Waals surface area contributed by atoms with Gasteiger partial charge >= 0.3 is 0 Å². The fourth-order valence-electron chi connectivity index (χ4n) is 3.35. The van der Waals surface area contributed by atoms with E-state index in [2.05, 4.69) is 26.1 Å². The number of hydrogen-bond acceptors (Lipinski definition) is 6. The average Bonchev–Trinajstić information content (AvgIpc) is 3.32. The highest BCUT2D eigenvalue weighted by atomic mass is 16.5. The second kappa shape index (κ2) is 6.26. The third kappa shape index (κ3) is 2.76. The second-order valence-electron chi connectivity index (χ2n) is 6.03. The molecule has 4 rings (SSSR count). The van der Waals surface area contributed by atoms with Gasteiger partial charge in [0.15, 0.2) is 0 Å². The Bertz CT molecular complexity index is 814. The molecule has 3 heterocycles. The molecule has 0 spiro atoms. The summed E-state index contributed by atoms with van der Waals surface area (Å²) < 4.78 is 16.8. The number of benzene rings is 1. The predicted octanol–water partition coefficient (Wildman–Crippen LogP) is 2.52. The zero-order valence-corrected chi connectivity index (χ0v) is 13.7. The summed E-state index contributed by atoms with van der Waals surface area (Å²) in [7, 11) is 3.42. The molecule has 0 aliphatic carbocycles.